The Hall–Kier alpha value is -1.31. The number of hydrogen-bond donors (Lipinski definition) is 2. The minimum Gasteiger partial charge on any atom is -0.398 e. The largest absolute Gasteiger partial charge is 0.398 e. The van der Waals surface area contributed by atoms with Gasteiger partial charge in [-0.25, -0.2) is 12.8 Å². The predicted molar refractivity (Wildman–Crippen MR) is 85.5 cm³/mol. The molecule has 3 N–H and O–H groups in total. The van der Waals surface area contributed by atoms with Gasteiger partial charge in [0.15, 0.2) is 0 Å². The zero-order chi connectivity index (χ0) is 15.8. The predicted octanol–water partition coefficient (Wildman–Crippen LogP) is 3.93. The summed E-state index contributed by atoms with van der Waals surface area (Å²) in [5.41, 5.74) is 6.47. The number of nitrogen functional groups attached to an aromatic ring is 1. The average Bonchev–Trinajstić information content (AvgIpc) is 2.37. The van der Waals surface area contributed by atoms with E-state index in [2.05, 4.69) is 20.7 Å². The molecular weight excluding hydrogens is 383 g/mol. The fraction of sp³-hybridized carbons (Fsp3) is 0.0769. The first kappa shape index (κ1) is 16.1. The van der Waals surface area contributed by atoms with E-state index >= 15 is 0 Å². The summed E-state index contributed by atoms with van der Waals surface area (Å²) in [6.07, 6.45) is 0. The Labute approximate surface area is 135 Å². The zero-order valence-electron chi connectivity index (χ0n) is 10.8. The van der Waals surface area contributed by atoms with Crippen LogP contribution in [0.1, 0.15) is 5.56 Å². The van der Waals surface area contributed by atoms with Crippen LogP contribution in [0.5, 0.6) is 0 Å². The summed E-state index contributed by atoms with van der Waals surface area (Å²) in [7, 11) is -3.90. The molecule has 0 saturated heterocycles. The van der Waals surface area contributed by atoms with Crippen LogP contribution >= 0.6 is 27.5 Å². The fourth-order valence-corrected chi connectivity index (χ4v) is 4.04. The van der Waals surface area contributed by atoms with Crippen molar-refractivity contribution in [3.63, 3.8) is 0 Å². The Kier molecular flexibility index (Phi) is 4.46. The molecule has 0 saturated carbocycles. The van der Waals surface area contributed by atoms with E-state index in [4.69, 9.17) is 17.3 Å². The molecular formula is C13H11BrClFN2O2S. The van der Waals surface area contributed by atoms with Crippen molar-refractivity contribution >= 4 is 48.9 Å². The van der Waals surface area contributed by atoms with E-state index in [0.29, 0.717) is 5.56 Å². The number of nitrogens with one attached hydrogen (secondary N) is 1. The first-order valence-electron chi connectivity index (χ1n) is 5.74. The number of sulfonamides is 1. The molecule has 0 aromatic heterocycles. The molecule has 0 aliphatic rings. The van der Waals surface area contributed by atoms with Crippen LogP contribution in [-0.4, -0.2) is 8.42 Å². The summed E-state index contributed by atoms with van der Waals surface area (Å²) in [5.74, 6) is -0.411. The topological polar surface area (TPSA) is 72.2 Å². The number of aryl methyl sites for hydroxylation is 1. The van der Waals surface area contributed by atoms with E-state index in [0.717, 1.165) is 0 Å². The molecule has 112 valence electrons. The lowest BCUT2D eigenvalue weighted by Gasteiger charge is -2.12. The Morgan fingerprint density at radius 3 is 2.57 bits per heavy atom. The first-order valence-corrected chi connectivity index (χ1v) is 8.39. The molecule has 0 amide bonds. The number of halogens is 3. The van der Waals surface area contributed by atoms with Gasteiger partial charge < -0.3 is 5.73 Å². The van der Waals surface area contributed by atoms with E-state index in [1.165, 1.54) is 30.3 Å². The van der Waals surface area contributed by atoms with Gasteiger partial charge >= 0.3 is 0 Å². The molecule has 2 aromatic carbocycles. The molecule has 4 nitrogen and oxygen atoms in total. The van der Waals surface area contributed by atoms with Gasteiger partial charge in [0.05, 0.1) is 4.47 Å². The van der Waals surface area contributed by atoms with Gasteiger partial charge in [-0.3, -0.25) is 4.72 Å². The summed E-state index contributed by atoms with van der Waals surface area (Å²) < 4.78 is 40.5. The second kappa shape index (κ2) is 5.82. The van der Waals surface area contributed by atoms with Crippen molar-refractivity contribution in [3.8, 4) is 0 Å². The molecule has 2 aromatic rings. The SMILES string of the molecule is Cc1cc(NS(=O)(=O)c2cc(Cl)cc(N)c2Br)ccc1F. The molecule has 0 fully saturated rings. The van der Waals surface area contributed by atoms with E-state index in [-0.39, 0.29) is 25.8 Å². The van der Waals surface area contributed by atoms with Gasteiger partial charge in [0.25, 0.3) is 10.0 Å². The maximum atomic E-state index is 13.2. The second-order valence-corrected chi connectivity index (χ2v) is 7.26. The van der Waals surface area contributed by atoms with Crippen LogP contribution in [0.3, 0.4) is 0 Å². The highest BCUT2D eigenvalue weighted by Gasteiger charge is 2.20. The van der Waals surface area contributed by atoms with Crippen molar-refractivity contribution in [1.82, 2.24) is 0 Å². The number of anilines is 2. The third-order valence-corrected chi connectivity index (χ3v) is 5.50. The van der Waals surface area contributed by atoms with Gasteiger partial charge in [-0.15, -0.1) is 0 Å². The second-order valence-electron chi connectivity index (χ2n) is 4.38. The van der Waals surface area contributed by atoms with Crippen molar-refractivity contribution in [1.29, 1.82) is 0 Å². The highest BCUT2D eigenvalue weighted by atomic mass is 79.9. The zero-order valence-corrected chi connectivity index (χ0v) is 14.0. The number of nitrogens with two attached hydrogens (primary N) is 1. The number of benzene rings is 2. The number of hydrogen-bond acceptors (Lipinski definition) is 3. The van der Waals surface area contributed by atoms with Crippen LogP contribution in [0.25, 0.3) is 0 Å². The molecule has 2 rings (SSSR count). The van der Waals surface area contributed by atoms with Crippen molar-refractivity contribution in [2.75, 3.05) is 10.5 Å². The minimum atomic E-state index is -3.90. The normalized spacial score (nSPS) is 11.4. The minimum absolute atomic E-state index is 0.0884. The lowest BCUT2D eigenvalue weighted by molar-refractivity contribution is 0.600. The van der Waals surface area contributed by atoms with Crippen LogP contribution in [0.15, 0.2) is 39.7 Å². The molecule has 0 aliphatic carbocycles. The Balaban J connectivity index is 2.45. The molecule has 0 bridgehead atoms. The quantitative estimate of drug-likeness (QED) is 0.776. The van der Waals surface area contributed by atoms with Crippen LogP contribution in [0.2, 0.25) is 5.02 Å². The van der Waals surface area contributed by atoms with Gasteiger partial charge in [0.1, 0.15) is 10.7 Å². The van der Waals surface area contributed by atoms with Gasteiger partial charge in [-0.05, 0) is 58.7 Å². The van der Waals surface area contributed by atoms with Gasteiger partial charge in [-0.1, -0.05) is 11.6 Å². The van der Waals surface area contributed by atoms with E-state index in [9.17, 15) is 12.8 Å². The summed E-state index contributed by atoms with van der Waals surface area (Å²) in [6, 6.07) is 6.64. The molecule has 0 spiro atoms. The van der Waals surface area contributed by atoms with Gasteiger partial charge in [-0.2, -0.15) is 0 Å². The van der Waals surface area contributed by atoms with Crippen molar-refractivity contribution in [2.45, 2.75) is 11.8 Å². The smallest absolute Gasteiger partial charge is 0.263 e. The lowest BCUT2D eigenvalue weighted by Crippen LogP contribution is -2.14. The fourth-order valence-electron chi connectivity index (χ4n) is 1.70. The Bertz CT molecular complexity index is 812. The summed E-state index contributed by atoms with van der Waals surface area (Å²) in [6.45, 7) is 1.54. The van der Waals surface area contributed by atoms with Crippen molar-refractivity contribution in [3.05, 3.63) is 51.2 Å². The van der Waals surface area contributed by atoms with Gasteiger partial charge in [0.2, 0.25) is 0 Å². The molecule has 21 heavy (non-hydrogen) atoms. The summed E-state index contributed by atoms with van der Waals surface area (Å²) >= 11 is 8.96. The highest BCUT2D eigenvalue weighted by Crippen LogP contribution is 2.32. The van der Waals surface area contributed by atoms with Crippen LogP contribution in [0, 0.1) is 12.7 Å². The third-order valence-electron chi connectivity index (χ3n) is 2.73. The van der Waals surface area contributed by atoms with E-state index in [1.807, 2.05) is 0 Å². The molecule has 0 radical (unpaired) electrons. The number of rotatable bonds is 3. The maximum absolute atomic E-state index is 13.2. The highest BCUT2D eigenvalue weighted by molar-refractivity contribution is 9.10. The molecule has 0 unspecified atom stereocenters. The lowest BCUT2D eigenvalue weighted by atomic mass is 10.2. The molecule has 0 aliphatic heterocycles. The van der Waals surface area contributed by atoms with Crippen LogP contribution in [0.4, 0.5) is 15.8 Å². The van der Waals surface area contributed by atoms with Crippen molar-refractivity contribution in [2.24, 2.45) is 0 Å². The standard InChI is InChI=1S/C13H11BrClFN2O2S/c1-7-4-9(2-3-10(7)16)18-21(19,20)12-6-8(15)5-11(17)13(12)14/h2-6,18H,17H2,1H3. The van der Waals surface area contributed by atoms with Crippen molar-refractivity contribution < 1.29 is 12.8 Å². The van der Waals surface area contributed by atoms with Crippen LogP contribution in [-0.2, 0) is 10.0 Å². The Morgan fingerprint density at radius 2 is 1.95 bits per heavy atom. The Morgan fingerprint density at radius 1 is 1.29 bits per heavy atom. The first-order chi connectivity index (χ1) is 9.70. The monoisotopic (exact) mass is 392 g/mol. The molecule has 8 heteroatoms. The van der Waals surface area contributed by atoms with E-state index in [1.54, 1.807) is 6.92 Å². The van der Waals surface area contributed by atoms with Gasteiger partial charge in [0, 0.05) is 16.4 Å². The summed E-state index contributed by atoms with van der Waals surface area (Å²) in [5, 5.41) is 0.200. The average molecular weight is 394 g/mol. The summed E-state index contributed by atoms with van der Waals surface area (Å²) in [4.78, 5) is -0.0884. The third kappa shape index (κ3) is 3.48. The molecule has 0 heterocycles. The molecule has 0 atom stereocenters. The van der Waals surface area contributed by atoms with E-state index < -0.39 is 15.8 Å². The van der Waals surface area contributed by atoms with Crippen LogP contribution < -0.4 is 10.5 Å². The maximum Gasteiger partial charge on any atom is 0.263 e.